The van der Waals surface area contributed by atoms with E-state index in [9.17, 15) is 14.9 Å². The quantitative estimate of drug-likeness (QED) is 0.424. The van der Waals surface area contributed by atoms with Crippen molar-refractivity contribution < 1.29 is 28.7 Å². The molecule has 0 N–H and O–H groups in total. The molecule has 0 amide bonds. The molecule has 0 aliphatic rings. The van der Waals surface area contributed by atoms with Crippen LogP contribution in [0.2, 0.25) is 0 Å². The van der Waals surface area contributed by atoms with E-state index in [2.05, 4.69) is 0 Å². The normalized spacial score (nSPS) is 10.2. The number of hydrogen-bond donors (Lipinski definition) is 0. The summed E-state index contributed by atoms with van der Waals surface area (Å²) in [5.41, 5.74) is 0.0842. The van der Waals surface area contributed by atoms with Crippen molar-refractivity contribution in [2.45, 2.75) is 6.92 Å². The number of carbonyl (C=O) groups is 1. The smallest absolute Gasteiger partial charge is 0.325 e. The highest BCUT2D eigenvalue weighted by Gasteiger charge is 2.32. The second-order valence-corrected chi connectivity index (χ2v) is 5.31. The fourth-order valence-corrected chi connectivity index (χ4v) is 2.72. The van der Waals surface area contributed by atoms with Crippen LogP contribution in [0.25, 0.3) is 0 Å². The van der Waals surface area contributed by atoms with Gasteiger partial charge in [0.1, 0.15) is 22.8 Å². The van der Waals surface area contributed by atoms with Crippen LogP contribution in [0, 0.1) is 17.0 Å². The van der Waals surface area contributed by atoms with Crippen molar-refractivity contribution >= 4 is 11.5 Å². The predicted molar refractivity (Wildman–Crippen MR) is 93.9 cm³/mol. The summed E-state index contributed by atoms with van der Waals surface area (Å²) in [5, 5.41) is 11.6. The third kappa shape index (κ3) is 3.26. The van der Waals surface area contributed by atoms with Crippen molar-refractivity contribution in [3.8, 4) is 23.0 Å². The second kappa shape index (κ2) is 7.73. The van der Waals surface area contributed by atoms with Gasteiger partial charge in [-0.15, -0.1) is 0 Å². The van der Waals surface area contributed by atoms with E-state index in [1.54, 1.807) is 13.0 Å². The number of benzene rings is 2. The van der Waals surface area contributed by atoms with Gasteiger partial charge in [-0.25, -0.2) is 0 Å². The third-order valence-corrected chi connectivity index (χ3v) is 3.88. The number of hydrogen-bond acceptors (Lipinski definition) is 7. The van der Waals surface area contributed by atoms with Gasteiger partial charge in [0.2, 0.25) is 5.78 Å². The number of aryl methyl sites for hydroxylation is 1. The number of rotatable bonds is 7. The Hall–Kier alpha value is -3.29. The molecule has 0 bridgehead atoms. The number of ketones is 1. The minimum atomic E-state index is -0.673. The molecule has 0 saturated heterocycles. The van der Waals surface area contributed by atoms with Crippen molar-refractivity contribution in [1.29, 1.82) is 0 Å². The van der Waals surface area contributed by atoms with E-state index >= 15 is 0 Å². The third-order valence-electron chi connectivity index (χ3n) is 3.88. The van der Waals surface area contributed by atoms with Gasteiger partial charge in [0, 0.05) is 0 Å². The highest BCUT2D eigenvalue weighted by molar-refractivity contribution is 6.15. The Bertz CT molecular complexity index is 861. The number of carbonyl (C=O) groups excluding carboxylic acids is 1. The number of methoxy groups -OCH3 is 4. The van der Waals surface area contributed by atoms with E-state index in [0.717, 1.165) is 0 Å². The van der Waals surface area contributed by atoms with Gasteiger partial charge in [0.05, 0.1) is 38.9 Å². The molecule has 0 aromatic heterocycles. The minimum Gasteiger partial charge on any atom is -0.497 e. The Balaban J connectivity index is 2.82. The summed E-state index contributed by atoms with van der Waals surface area (Å²) >= 11 is 0. The van der Waals surface area contributed by atoms with Crippen LogP contribution in [0.3, 0.4) is 0 Å². The van der Waals surface area contributed by atoms with Crippen LogP contribution in [0.4, 0.5) is 5.69 Å². The molecule has 26 heavy (non-hydrogen) atoms. The van der Waals surface area contributed by atoms with Gasteiger partial charge in [0.25, 0.3) is 0 Å². The van der Waals surface area contributed by atoms with Gasteiger partial charge >= 0.3 is 5.69 Å². The first-order chi connectivity index (χ1) is 12.4. The average molecular weight is 361 g/mol. The monoisotopic (exact) mass is 361 g/mol. The lowest BCUT2D eigenvalue weighted by Crippen LogP contribution is -2.11. The average Bonchev–Trinajstić information content (AvgIpc) is 2.65. The van der Waals surface area contributed by atoms with E-state index in [0.29, 0.717) is 17.1 Å². The molecule has 2 aromatic rings. The number of nitro groups is 1. The zero-order valence-electron chi connectivity index (χ0n) is 15.1. The maximum absolute atomic E-state index is 13.2. The fraction of sp³-hybridized carbons (Fsp3) is 0.278. The van der Waals surface area contributed by atoms with Crippen LogP contribution in [0.1, 0.15) is 21.5 Å². The molecule has 0 radical (unpaired) electrons. The Kier molecular flexibility index (Phi) is 5.66. The van der Waals surface area contributed by atoms with Crippen LogP contribution in [0.15, 0.2) is 24.3 Å². The summed E-state index contributed by atoms with van der Waals surface area (Å²) in [6, 6.07) is 5.99. The fourth-order valence-electron chi connectivity index (χ4n) is 2.72. The van der Waals surface area contributed by atoms with Gasteiger partial charge in [-0.1, -0.05) is 0 Å². The second-order valence-electron chi connectivity index (χ2n) is 5.31. The first-order valence-electron chi connectivity index (χ1n) is 7.56. The lowest BCUT2D eigenvalue weighted by Gasteiger charge is -2.15. The van der Waals surface area contributed by atoms with E-state index in [1.807, 2.05) is 0 Å². The standard InChI is InChI=1S/C18H19NO7/c1-10-8-11(23-2)9-12(18(10)26-5)17(20)15-13(24-3)6-7-14(25-4)16(15)19(21)22/h6-9H,1-5H3. The highest BCUT2D eigenvalue weighted by Crippen LogP contribution is 2.40. The SMILES string of the molecule is COc1cc(C)c(OC)c(C(=O)c2c(OC)ccc(OC)c2[N+](=O)[O-])c1. The molecule has 0 aliphatic heterocycles. The van der Waals surface area contributed by atoms with Crippen LogP contribution in [-0.2, 0) is 0 Å². The van der Waals surface area contributed by atoms with E-state index in [4.69, 9.17) is 18.9 Å². The zero-order valence-corrected chi connectivity index (χ0v) is 15.1. The Labute approximate surface area is 150 Å². The molecule has 2 aromatic carbocycles. The molecule has 8 heteroatoms. The summed E-state index contributed by atoms with van der Waals surface area (Å²) < 4.78 is 20.8. The van der Waals surface area contributed by atoms with E-state index < -0.39 is 16.4 Å². The molecule has 0 spiro atoms. The molecule has 0 atom stereocenters. The molecule has 0 fully saturated rings. The Morgan fingerprint density at radius 3 is 2.08 bits per heavy atom. The molecule has 0 saturated carbocycles. The Morgan fingerprint density at radius 2 is 1.58 bits per heavy atom. The van der Waals surface area contributed by atoms with Crippen molar-refractivity contribution in [1.82, 2.24) is 0 Å². The van der Waals surface area contributed by atoms with Crippen molar-refractivity contribution in [3.63, 3.8) is 0 Å². The van der Waals surface area contributed by atoms with Gasteiger partial charge in [0.15, 0.2) is 5.75 Å². The largest absolute Gasteiger partial charge is 0.497 e. The predicted octanol–water partition coefficient (Wildman–Crippen LogP) is 3.17. The van der Waals surface area contributed by atoms with Gasteiger partial charge in [-0.05, 0) is 36.8 Å². The maximum atomic E-state index is 13.2. The number of nitro benzene ring substituents is 1. The number of ether oxygens (including phenoxy) is 4. The van der Waals surface area contributed by atoms with Crippen molar-refractivity contribution in [3.05, 3.63) is 51.1 Å². The van der Waals surface area contributed by atoms with Gasteiger partial charge in [-0.2, -0.15) is 0 Å². The van der Waals surface area contributed by atoms with Crippen LogP contribution >= 0.6 is 0 Å². The number of nitrogens with zero attached hydrogens (tertiary/aromatic N) is 1. The highest BCUT2D eigenvalue weighted by atomic mass is 16.6. The first kappa shape index (κ1) is 19.0. The molecule has 2 rings (SSSR count). The molecule has 0 aliphatic carbocycles. The van der Waals surface area contributed by atoms with Gasteiger partial charge in [-0.3, -0.25) is 14.9 Å². The summed E-state index contributed by atoms with van der Waals surface area (Å²) in [6.45, 7) is 1.75. The van der Waals surface area contributed by atoms with E-state index in [-0.39, 0.29) is 22.6 Å². The van der Waals surface area contributed by atoms with Gasteiger partial charge < -0.3 is 18.9 Å². The van der Waals surface area contributed by atoms with Crippen LogP contribution in [-0.4, -0.2) is 39.1 Å². The minimum absolute atomic E-state index is 0.0438. The van der Waals surface area contributed by atoms with Crippen molar-refractivity contribution in [2.75, 3.05) is 28.4 Å². The molecule has 138 valence electrons. The summed E-state index contributed by atoms with van der Waals surface area (Å²) in [4.78, 5) is 24.2. The van der Waals surface area contributed by atoms with Crippen molar-refractivity contribution in [2.24, 2.45) is 0 Å². The first-order valence-corrected chi connectivity index (χ1v) is 7.56. The van der Waals surface area contributed by atoms with E-state index in [1.165, 1.54) is 46.6 Å². The summed E-state index contributed by atoms with van der Waals surface area (Å²) in [7, 11) is 5.50. The molecular formula is C18H19NO7. The zero-order chi connectivity index (χ0) is 19.4. The van der Waals surface area contributed by atoms with Crippen LogP contribution in [0.5, 0.6) is 23.0 Å². The molecule has 0 heterocycles. The lowest BCUT2D eigenvalue weighted by atomic mass is 9.97. The van der Waals surface area contributed by atoms with Crippen LogP contribution < -0.4 is 18.9 Å². The lowest BCUT2D eigenvalue weighted by molar-refractivity contribution is -0.386. The molecule has 8 nitrogen and oxygen atoms in total. The topological polar surface area (TPSA) is 97.1 Å². The summed E-state index contributed by atoms with van der Waals surface area (Å²) in [6.07, 6.45) is 0. The Morgan fingerprint density at radius 1 is 0.962 bits per heavy atom. The molecule has 0 unspecified atom stereocenters. The molecular weight excluding hydrogens is 342 g/mol. The maximum Gasteiger partial charge on any atom is 0.325 e. The summed E-state index contributed by atoms with van der Waals surface area (Å²) in [5.74, 6) is 0.111.